The lowest BCUT2D eigenvalue weighted by Gasteiger charge is -2.25. The van der Waals surface area contributed by atoms with E-state index in [1.165, 1.54) is 13.4 Å². The van der Waals surface area contributed by atoms with Crippen LogP contribution >= 0.6 is 0 Å². The first kappa shape index (κ1) is 22.2. The van der Waals surface area contributed by atoms with Crippen LogP contribution in [0.3, 0.4) is 0 Å². The van der Waals surface area contributed by atoms with Crippen LogP contribution in [0.15, 0.2) is 67.0 Å². The highest BCUT2D eigenvalue weighted by Crippen LogP contribution is 2.39. The van der Waals surface area contributed by atoms with Crippen molar-refractivity contribution < 1.29 is 9.53 Å². The Labute approximate surface area is 208 Å². The van der Waals surface area contributed by atoms with Gasteiger partial charge in [0.1, 0.15) is 23.4 Å². The van der Waals surface area contributed by atoms with E-state index >= 15 is 0 Å². The van der Waals surface area contributed by atoms with Gasteiger partial charge in [0.25, 0.3) is 0 Å². The molecule has 3 aromatic heterocycles. The number of esters is 1. The molecular weight excluding hydrogens is 452 g/mol. The molecule has 8 nitrogen and oxygen atoms in total. The number of hydrogen-bond acceptors (Lipinski definition) is 7. The summed E-state index contributed by atoms with van der Waals surface area (Å²) in [6.07, 6.45) is 4.67. The number of anilines is 1. The van der Waals surface area contributed by atoms with Crippen molar-refractivity contribution in [2.45, 2.75) is 31.6 Å². The summed E-state index contributed by atoms with van der Waals surface area (Å²) < 4.78 is 6.77. The second kappa shape index (κ2) is 9.03. The van der Waals surface area contributed by atoms with E-state index in [2.05, 4.69) is 40.4 Å². The molecule has 36 heavy (non-hydrogen) atoms. The lowest BCUT2D eigenvalue weighted by molar-refractivity contribution is -0.146. The quantitative estimate of drug-likeness (QED) is 0.361. The third kappa shape index (κ3) is 3.84. The second-order valence-corrected chi connectivity index (χ2v) is 9.27. The van der Waals surface area contributed by atoms with Crippen LogP contribution in [-0.4, -0.2) is 37.6 Å². The van der Waals surface area contributed by atoms with Crippen molar-refractivity contribution in [3.8, 4) is 22.5 Å². The first-order valence-electron chi connectivity index (χ1n) is 12.2. The lowest BCUT2D eigenvalue weighted by atomic mass is 9.81. The van der Waals surface area contributed by atoms with Crippen molar-refractivity contribution in [2.24, 2.45) is 5.92 Å². The molecule has 0 atom stereocenters. The molecule has 0 saturated heterocycles. The molecule has 0 radical (unpaired) electrons. The van der Waals surface area contributed by atoms with E-state index in [-0.39, 0.29) is 17.8 Å². The SMILES string of the molecule is COC(=O)C1CCC(c2nc(-c3ccc4ccc(-c5ccccc5)nc4c3)c3c(N)ncnn23)CC1. The normalized spacial score (nSPS) is 17.9. The Morgan fingerprint density at radius 2 is 1.75 bits per heavy atom. The summed E-state index contributed by atoms with van der Waals surface area (Å²) in [5.41, 5.74) is 11.6. The minimum atomic E-state index is -0.132. The van der Waals surface area contributed by atoms with Crippen molar-refractivity contribution in [1.29, 1.82) is 0 Å². The predicted octanol–water partition coefficient (Wildman–Crippen LogP) is 5.04. The van der Waals surface area contributed by atoms with Gasteiger partial charge in [-0.25, -0.2) is 19.5 Å². The zero-order valence-corrected chi connectivity index (χ0v) is 20.0. The monoisotopic (exact) mass is 478 g/mol. The summed E-state index contributed by atoms with van der Waals surface area (Å²) in [4.78, 5) is 26.2. The topological polar surface area (TPSA) is 108 Å². The van der Waals surface area contributed by atoms with E-state index in [0.717, 1.165) is 64.9 Å². The van der Waals surface area contributed by atoms with Crippen molar-refractivity contribution in [3.63, 3.8) is 0 Å². The van der Waals surface area contributed by atoms with Crippen LogP contribution in [0.25, 0.3) is 38.9 Å². The van der Waals surface area contributed by atoms with Gasteiger partial charge in [0, 0.05) is 22.4 Å². The Morgan fingerprint density at radius 3 is 2.53 bits per heavy atom. The van der Waals surface area contributed by atoms with Crippen molar-refractivity contribution >= 4 is 28.2 Å². The standard InChI is InChI=1S/C28H26N6O2/c1-36-28(35)20-10-8-19(9-11-20)27-33-24(25-26(29)30-16-31-34(25)27)21-12-7-18-13-14-22(32-23(18)15-21)17-5-3-2-4-6-17/h2-7,12-16,19-20H,8-11H2,1H3,(H2,29,30,31). The number of methoxy groups -OCH3 is 1. The number of nitrogen functional groups attached to an aromatic ring is 1. The van der Waals surface area contributed by atoms with Crippen LogP contribution in [0.5, 0.6) is 0 Å². The van der Waals surface area contributed by atoms with Crippen LogP contribution in [0.4, 0.5) is 5.82 Å². The van der Waals surface area contributed by atoms with Crippen LogP contribution in [0.1, 0.15) is 37.4 Å². The molecule has 1 fully saturated rings. The van der Waals surface area contributed by atoms with Gasteiger partial charge in [-0.2, -0.15) is 5.10 Å². The molecule has 2 N–H and O–H groups in total. The molecule has 5 aromatic rings. The summed E-state index contributed by atoms with van der Waals surface area (Å²) in [5, 5.41) is 5.55. The van der Waals surface area contributed by atoms with E-state index < -0.39 is 0 Å². The van der Waals surface area contributed by atoms with Gasteiger partial charge >= 0.3 is 5.97 Å². The Morgan fingerprint density at radius 1 is 0.972 bits per heavy atom. The molecule has 180 valence electrons. The molecule has 6 rings (SSSR count). The molecule has 1 saturated carbocycles. The summed E-state index contributed by atoms with van der Waals surface area (Å²) >= 11 is 0. The maximum absolute atomic E-state index is 12.0. The van der Waals surface area contributed by atoms with E-state index in [1.54, 1.807) is 0 Å². The van der Waals surface area contributed by atoms with Gasteiger partial charge in [0.05, 0.1) is 24.2 Å². The van der Waals surface area contributed by atoms with Gasteiger partial charge in [-0.05, 0) is 37.8 Å². The van der Waals surface area contributed by atoms with Gasteiger partial charge < -0.3 is 10.5 Å². The second-order valence-electron chi connectivity index (χ2n) is 9.27. The Balaban J connectivity index is 1.42. The highest BCUT2D eigenvalue weighted by molar-refractivity contribution is 5.91. The average molecular weight is 479 g/mol. The molecule has 0 amide bonds. The molecule has 0 aliphatic heterocycles. The summed E-state index contributed by atoms with van der Waals surface area (Å²) in [5.74, 6) is 1.22. The van der Waals surface area contributed by atoms with Gasteiger partial charge in [0.15, 0.2) is 5.82 Å². The number of rotatable bonds is 4. The zero-order valence-electron chi connectivity index (χ0n) is 20.0. The third-order valence-electron chi connectivity index (χ3n) is 7.15. The number of imidazole rings is 1. The molecule has 2 aromatic carbocycles. The molecule has 0 unspecified atom stereocenters. The van der Waals surface area contributed by atoms with Gasteiger partial charge in [-0.3, -0.25) is 4.79 Å². The Bertz CT molecular complexity index is 1570. The number of nitrogens with zero attached hydrogens (tertiary/aromatic N) is 5. The molecule has 1 aliphatic carbocycles. The van der Waals surface area contributed by atoms with Gasteiger partial charge in [-0.1, -0.05) is 48.5 Å². The minimum Gasteiger partial charge on any atom is -0.469 e. The maximum atomic E-state index is 12.0. The molecule has 3 heterocycles. The fraction of sp³-hybridized carbons (Fsp3) is 0.250. The smallest absolute Gasteiger partial charge is 0.308 e. The highest BCUT2D eigenvalue weighted by atomic mass is 16.5. The predicted molar refractivity (Wildman–Crippen MR) is 138 cm³/mol. The van der Waals surface area contributed by atoms with Crippen LogP contribution in [0.2, 0.25) is 0 Å². The number of ether oxygens (including phenoxy) is 1. The zero-order chi connectivity index (χ0) is 24.6. The van der Waals surface area contributed by atoms with Gasteiger partial charge in [-0.15, -0.1) is 0 Å². The fourth-order valence-corrected chi connectivity index (χ4v) is 5.23. The van der Waals surface area contributed by atoms with E-state index in [0.29, 0.717) is 11.3 Å². The molecule has 1 aliphatic rings. The van der Waals surface area contributed by atoms with Crippen LogP contribution < -0.4 is 5.73 Å². The number of carbonyl (C=O) groups excluding carboxylic acids is 1. The first-order valence-corrected chi connectivity index (χ1v) is 12.2. The maximum Gasteiger partial charge on any atom is 0.308 e. The fourth-order valence-electron chi connectivity index (χ4n) is 5.23. The molecule has 0 bridgehead atoms. The highest BCUT2D eigenvalue weighted by Gasteiger charge is 2.31. The average Bonchev–Trinajstić information content (AvgIpc) is 3.33. The molecule has 0 spiro atoms. The number of fused-ring (bicyclic) bond motifs is 2. The van der Waals surface area contributed by atoms with Crippen molar-refractivity contribution in [1.82, 2.24) is 24.6 Å². The Hall–Kier alpha value is -4.33. The summed E-state index contributed by atoms with van der Waals surface area (Å²) in [6.45, 7) is 0. The number of nitrogens with two attached hydrogens (primary N) is 1. The van der Waals surface area contributed by atoms with Crippen molar-refractivity contribution in [3.05, 3.63) is 72.8 Å². The number of aromatic nitrogens is 5. The lowest BCUT2D eigenvalue weighted by Crippen LogP contribution is -2.23. The first-order chi connectivity index (χ1) is 17.6. The number of benzene rings is 2. The van der Waals surface area contributed by atoms with Crippen molar-refractivity contribution in [2.75, 3.05) is 12.8 Å². The Kier molecular flexibility index (Phi) is 5.56. The van der Waals surface area contributed by atoms with E-state index in [1.807, 2.05) is 34.8 Å². The molecular formula is C28H26N6O2. The van der Waals surface area contributed by atoms with E-state index in [9.17, 15) is 4.79 Å². The largest absolute Gasteiger partial charge is 0.469 e. The van der Waals surface area contributed by atoms with Crippen LogP contribution in [-0.2, 0) is 9.53 Å². The van der Waals surface area contributed by atoms with E-state index in [4.69, 9.17) is 20.4 Å². The summed E-state index contributed by atoms with van der Waals surface area (Å²) in [6, 6.07) is 20.4. The van der Waals surface area contributed by atoms with Gasteiger partial charge in [0.2, 0.25) is 0 Å². The number of carbonyl (C=O) groups is 1. The molecule has 8 heteroatoms. The number of hydrogen-bond donors (Lipinski definition) is 1. The third-order valence-corrected chi connectivity index (χ3v) is 7.15. The minimum absolute atomic E-state index is 0.0537. The summed E-state index contributed by atoms with van der Waals surface area (Å²) in [7, 11) is 1.45. The van der Waals surface area contributed by atoms with Crippen LogP contribution in [0, 0.1) is 5.92 Å². The number of pyridine rings is 1.